The SMILES string of the molecule is CCCCCCCCc1c(O)c(OC(=O)O)c(OCCCCCCC)c(CCCCCCCC)c1CCCCCCCC. The van der Waals surface area contributed by atoms with Crippen LogP contribution in [0.4, 0.5) is 4.79 Å². The van der Waals surface area contributed by atoms with Crippen LogP contribution < -0.4 is 9.47 Å². The summed E-state index contributed by atoms with van der Waals surface area (Å²) in [6, 6.07) is 0. The third kappa shape index (κ3) is 17.2. The van der Waals surface area contributed by atoms with Crippen LogP contribution in [0.15, 0.2) is 0 Å². The predicted octanol–water partition coefficient (Wildman–Crippen LogP) is 12.5. The number of benzene rings is 1. The highest BCUT2D eigenvalue weighted by atomic mass is 16.7. The van der Waals surface area contributed by atoms with E-state index >= 15 is 0 Å². The van der Waals surface area contributed by atoms with Crippen molar-refractivity contribution in [3.63, 3.8) is 0 Å². The highest BCUT2D eigenvalue weighted by Gasteiger charge is 2.27. The third-order valence-corrected chi connectivity index (χ3v) is 8.73. The molecule has 0 radical (unpaired) electrons. The number of unbranched alkanes of at least 4 members (excludes halogenated alkanes) is 19. The molecule has 0 amide bonds. The third-order valence-electron chi connectivity index (χ3n) is 8.73. The fraction of sp³-hybridized carbons (Fsp3) is 0.816. The average molecular weight is 605 g/mol. The normalized spacial score (nSPS) is 11.3. The summed E-state index contributed by atoms with van der Waals surface area (Å²) in [7, 11) is 0. The van der Waals surface area contributed by atoms with Gasteiger partial charge < -0.3 is 19.7 Å². The zero-order valence-electron chi connectivity index (χ0n) is 28.7. The van der Waals surface area contributed by atoms with Crippen LogP contribution in [-0.2, 0) is 19.3 Å². The Bertz CT molecular complexity index is 834. The molecule has 1 aromatic rings. The molecule has 0 aromatic heterocycles. The van der Waals surface area contributed by atoms with Crippen LogP contribution in [0.1, 0.15) is 192 Å². The van der Waals surface area contributed by atoms with Crippen molar-refractivity contribution in [2.75, 3.05) is 6.61 Å². The summed E-state index contributed by atoms with van der Waals surface area (Å²) < 4.78 is 11.7. The minimum Gasteiger partial charge on any atom is -0.504 e. The summed E-state index contributed by atoms with van der Waals surface area (Å²) >= 11 is 0. The lowest BCUT2D eigenvalue weighted by Gasteiger charge is -2.24. The van der Waals surface area contributed by atoms with E-state index in [2.05, 4.69) is 27.7 Å². The van der Waals surface area contributed by atoms with Crippen molar-refractivity contribution >= 4 is 6.16 Å². The van der Waals surface area contributed by atoms with Crippen molar-refractivity contribution in [2.45, 2.75) is 195 Å². The van der Waals surface area contributed by atoms with Gasteiger partial charge in [0, 0.05) is 11.1 Å². The number of rotatable bonds is 29. The van der Waals surface area contributed by atoms with E-state index < -0.39 is 6.16 Å². The molecule has 0 heterocycles. The van der Waals surface area contributed by atoms with E-state index in [4.69, 9.17) is 9.47 Å². The molecule has 0 atom stereocenters. The molecule has 1 rings (SSSR count). The molecule has 0 aliphatic carbocycles. The Morgan fingerprint density at radius 3 is 1.30 bits per heavy atom. The largest absolute Gasteiger partial charge is 0.511 e. The maximum atomic E-state index is 11.9. The maximum absolute atomic E-state index is 11.9. The molecule has 0 saturated heterocycles. The number of carboxylic acid groups (broad SMARTS) is 1. The topological polar surface area (TPSA) is 76.0 Å². The first kappa shape index (κ1) is 39.1. The van der Waals surface area contributed by atoms with E-state index in [1.54, 1.807) is 0 Å². The van der Waals surface area contributed by atoms with Crippen LogP contribution in [0.5, 0.6) is 17.2 Å². The summed E-state index contributed by atoms with van der Waals surface area (Å²) in [5, 5.41) is 21.3. The second kappa shape index (κ2) is 26.5. The minimum absolute atomic E-state index is 0.00961. The maximum Gasteiger partial charge on any atom is 0.511 e. The molecule has 0 saturated carbocycles. The van der Waals surface area contributed by atoms with Crippen LogP contribution in [0, 0.1) is 0 Å². The number of hydrogen-bond acceptors (Lipinski definition) is 4. The minimum atomic E-state index is -1.40. The van der Waals surface area contributed by atoms with Gasteiger partial charge in [0.1, 0.15) is 0 Å². The van der Waals surface area contributed by atoms with Gasteiger partial charge in [0.15, 0.2) is 11.5 Å². The molecule has 1 aromatic carbocycles. The van der Waals surface area contributed by atoms with Crippen molar-refractivity contribution in [3.8, 4) is 17.2 Å². The Kier molecular flexibility index (Phi) is 24.1. The molecule has 0 fully saturated rings. The van der Waals surface area contributed by atoms with Gasteiger partial charge in [-0.05, 0) is 50.5 Å². The Hall–Kier alpha value is -1.91. The molecule has 5 heteroatoms. The molecular formula is C38H68O5. The van der Waals surface area contributed by atoms with Crippen molar-refractivity contribution < 1.29 is 24.5 Å². The number of aromatic hydroxyl groups is 1. The van der Waals surface area contributed by atoms with Gasteiger partial charge in [0.25, 0.3) is 0 Å². The summed E-state index contributed by atoms with van der Waals surface area (Å²) in [5.74, 6) is 0.496. The highest BCUT2D eigenvalue weighted by Crippen LogP contribution is 2.47. The standard InChI is InChI=1S/C38H68O5/c1-5-9-13-17-20-24-28-32-33(29-25-21-18-14-10-6-2)35(39)37(43-38(40)41)36(42-31-27-23-16-12-8-4)34(32)30-26-22-19-15-11-7-3/h39H,5-31H2,1-4H3,(H,40,41). The molecule has 0 aliphatic rings. The first-order chi connectivity index (χ1) is 21.0. The molecule has 5 nitrogen and oxygen atoms in total. The molecule has 2 N–H and O–H groups in total. The van der Waals surface area contributed by atoms with E-state index in [1.807, 2.05) is 0 Å². The Balaban J connectivity index is 3.39. The second-order valence-corrected chi connectivity index (χ2v) is 12.6. The van der Waals surface area contributed by atoms with Crippen LogP contribution in [-0.4, -0.2) is 23.0 Å². The fourth-order valence-electron chi connectivity index (χ4n) is 6.14. The van der Waals surface area contributed by atoms with Crippen LogP contribution >= 0.6 is 0 Å². The Labute approximate surface area is 265 Å². The van der Waals surface area contributed by atoms with Gasteiger partial charge in [-0.25, -0.2) is 4.79 Å². The van der Waals surface area contributed by atoms with Gasteiger partial charge in [-0.2, -0.15) is 0 Å². The number of hydrogen-bond donors (Lipinski definition) is 2. The lowest BCUT2D eigenvalue weighted by Crippen LogP contribution is -2.12. The number of phenolic OH excluding ortho intramolecular Hbond substituents is 1. The Morgan fingerprint density at radius 2 is 0.860 bits per heavy atom. The molecule has 0 bridgehead atoms. The Morgan fingerprint density at radius 1 is 0.488 bits per heavy atom. The van der Waals surface area contributed by atoms with E-state index in [0.717, 1.165) is 75.3 Å². The summed E-state index contributed by atoms with van der Waals surface area (Å²) in [4.78, 5) is 11.9. The van der Waals surface area contributed by atoms with Crippen molar-refractivity contribution in [1.82, 2.24) is 0 Å². The smallest absolute Gasteiger partial charge is 0.504 e. The van der Waals surface area contributed by atoms with Crippen LogP contribution in [0.3, 0.4) is 0 Å². The molecular weight excluding hydrogens is 536 g/mol. The molecule has 250 valence electrons. The van der Waals surface area contributed by atoms with Gasteiger partial charge >= 0.3 is 6.16 Å². The number of phenols is 1. The van der Waals surface area contributed by atoms with E-state index in [1.165, 1.54) is 108 Å². The van der Waals surface area contributed by atoms with Crippen molar-refractivity contribution in [1.29, 1.82) is 0 Å². The fourth-order valence-corrected chi connectivity index (χ4v) is 6.14. The van der Waals surface area contributed by atoms with Crippen molar-refractivity contribution in [3.05, 3.63) is 16.7 Å². The van der Waals surface area contributed by atoms with Crippen LogP contribution in [0.25, 0.3) is 0 Å². The number of carbonyl (C=O) groups is 1. The molecule has 0 unspecified atom stereocenters. The molecule has 43 heavy (non-hydrogen) atoms. The van der Waals surface area contributed by atoms with Crippen LogP contribution in [0.2, 0.25) is 0 Å². The zero-order valence-corrected chi connectivity index (χ0v) is 28.7. The lowest BCUT2D eigenvalue weighted by atomic mass is 9.88. The van der Waals surface area contributed by atoms with Gasteiger partial charge in [-0.3, -0.25) is 0 Å². The summed E-state index contributed by atoms with van der Waals surface area (Å²) in [6.45, 7) is 9.44. The number of ether oxygens (including phenoxy) is 2. The van der Waals surface area contributed by atoms with E-state index in [9.17, 15) is 15.0 Å². The predicted molar refractivity (Wildman–Crippen MR) is 182 cm³/mol. The first-order valence-corrected chi connectivity index (χ1v) is 18.4. The molecule has 0 spiro atoms. The van der Waals surface area contributed by atoms with Gasteiger partial charge in [0.2, 0.25) is 5.75 Å². The lowest BCUT2D eigenvalue weighted by molar-refractivity contribution is 0.140. The second-order valence-electron chi connectivity index (χ2n) is 12.6. The highest BCUT2D eigenvalue weighted by molar-refractivity contribution is 5.70. The van der Waals surface area contributed by atoms with Gasteiger partial charge in [-0.1, -0.05) is 150 Å². The van der Waals surface area contributed by atoms with Gasteiger partial charge in [-0.15, -0.1) is 0 Å². The summed E-state index contributed by atoms with van der Waals surface area (Å²) in [5.41, 5.74) is 3.19. The van der Waals surface area contributed by atoms with Gasteiger partial charge in [0.05, 0.1) is 6.61 Å². The quantitative estimate of drug-likeness (QED) is 0.0540. The van der Waals surface area contributed by atoms with E-state index in [0.29, 0.717) is 12.4 Å². The zero-order chi connectivity index (χ0) is 31.5. The average Bonchev–Trinajstić information content (AvgIpc) is 2.99. The van der Waals surface area contributed by atoms with E-state index in [-0.39, 0.29) is 11.5 Å². The first-order valence-electron chi connectivity index (χ1n) is 18.4. The molecule has 0 aliphatic heterocycles. The monoisotopic (exact) mass is 605 g/mol. The summed E-state index contributed by atoms with van der Waals surface area (Å²) in [6.07, 6.45) is 28.1. The van der Waals surface area contributed by atoms with Crippen molar-refractivity contribution in [2.24, 2.45) is 0 Å².